The highest BCUT2D eigenvalue weighted by atomic mass is 127. The van der Waals surface area contributed by atoms with E-state index in [9.17, 15) is 9.90 Å². The molecule has 1 aromatic heterocycles. The molecule has 1 unspecified atom stereocenters. The van der Waals surface area contributed by atoms with E-state index in [4.69, 9.17) is 4.74 Å². The predicted octanol–water partition coefficient (Wildman–Crippen LogP) is 4.02. The number of halogens is 1. The van der Waals surface area contributed by atoms with Crippen molar-refractivity contribution in [1.29, 1.82) is 0 Å². The molecule has 2 aromatic rings. The second kappa shape index (κ2) is 13.0. The number of nitrogens with zero attached hydrogens (tertiary/aromatic N) is 1. The Bertz CT molecular complexity index is 787. The van der Waals surface area contributed by atoms with Crippen molar-refractivity contribution < 1.29 is 14.6 Å². The van der Waals surface area contributed by atoms with Crippen LogP contribution in [0.15, 0.2) is 35.3 Å². The van der Waals surface area contributed by atoms with Crippen molar-refractivity contribution in [3.05, 3.63) is 35.2 Å². The van der Waals surface area contributed by atoms with Gasteiger partial charge in [-0.2, -0.15) is 0 Å². The summed E-state index contributed by atoms with van der Waals surface area (Å²) in [6.45, 7) is 9.64. The number of carbonyl (C=O) groups is 1. The lowest BCUT2D eigenvalue weighted by atomic mass is 10.2. The number of guanidine groups is 1. The maximum atomic E-state index is 11.6. The number of hydrogen-bond donors (Lipinski definition) is 4. The fourth-order valence-electron chi connectivity index (χ4n) is 2.58. The molecular weight excluding hydrogens is 515 g/mol. The third-order valence-corrected chi connectivity index (χ3v) is 5.07. The van der Waals surface area contributed by atoms with Crippen molar-refractivity contribution in [2.75, 3.05) is 26.2 Å². The molecule has 0 saturated carbocycles. The van der Waals surface area contributed by atoms with Crippen LogP contribution >= 0.6 is 35.3 Å². The van der Waals surface area contributed by atoms with Crippen molar-refractivity contribution in [1.82, 2.24) is 16.0 Å². The summed E-state index contributed by atoms with van der Waals surface area (Å²) in [5, 5.41) is 20.7. The van der Waals surface area contributed by atoms with Gasteiger partial charge in [0.25, 0.3) is 0 Å². The van der Waals surface area contributed by atoms with Crippen LogP contribution in [0.1, 0.15) is 45.1 Å². The van der Waals surface area contributed by atoms with Gasteiger partial charge >= 0.3 is 6.09 Å². The zero-order valence-corrected chi connectivity index (χ0v) is 21.2. The summed E-state index contributed by atoms with van der Waals surface area (Å²) < 4.78 is 6.36. The van der Waals surface area contributed by atoms with E-state index < -0.39 is 17.8 Å². The first-order valence-corrected chi connectivity index (χ1v) is 10.8. The molecule has 1 amide bonds. The highest BCUT2D eigenvalue weighted by Gasteiger charge is 2.15. The topological polar surface area (TPSA) is 95.0 Å². The highest BCUT2D eigenvalue weighted by molar-refractivity contribution is 14.0. The largest absolute Gasteiger partial charge is 0.444 e. The van der Waals surface area contributed by atoms with Gasteiger partial charge in [0.2, 0.25) is 0 Å². The number of benzene rings is 1. The molecule has 0 spiro atoms. The number of nitrogens with one attached hydrogen (secondary N) is 3. The van der Waals surface area contributed by atoms with E-state index in [-0.39, 0.29) is 30.5 Å². The monoisotopic (exact) mass is 548 g/mol. The standard InChI is InChI=1S/C21H32N4O3S.HI/c1-5-22-19(23-11-8-12-24-20(27)28-21(2,3)4)25-14-16(26)18-13-15-9-6-7-10-17(15)29-18;/h6-7,9-10,13,16,26H,5,8,11-12,14H2,1-4H3,(H,24,27)(H2,22,23,25);1H. The van der Waals surface area contributed by atoms with Crippen LogP contribution in [0.5, 0.6) is 0 Å². The summed E-state index contributed by atoms with van der Waals surface area (Å²) >= 11 is 1.59. The molecule has 7 nitrogen and oxygen atoms in total. The highest BCUT2D eigenvalue weighted by Crippen LogP contribution is 2.29. The Morgan fingerprint density at radius 1 is 1.20 bits per heavy atom. The summed E-state index contributed by atoms with van der Waals surface area (Å²) in [6, 6.07) is 10.1. The van der Waals surface area contributed by atoms with Crippen LogP contribution in [0.3, 0.4) is 0 Å². The SMILES string of the molecule is CCNC(=NCC(O)c1cc2ccccc2s1)NCCCNC(=O)OC(C)(C)C.I. The summed E-state index contributed by atoms with van der Waals surface area (Å²) in [4.78, 5) is 17.0. The summed E-state index contributed by atoms with van der Waals surface area (Å²) in [7, 11) is 0. The molecule has 30 heavy (non-hydrogen) atoms. The second-order valence-corrected chi connectivity index (χ2v) is 8.75. The fraction of sp³-hybridized carbons (Fsp3) is 0.524. The molecule has 2 rings (SSSR count). The maximum absolute atomic E-state index is 11.6. The van der Waals surface area contributed by atoms with Gasteiger partial charge in [0.15, 0.2) is 5.96 Å². The van der Waals surface area contributed by atoms with Crippen LogP contribution in [0.4, 0.5) is 4.79 Å². The zero-order chi connectivity index (χ0) is 21.3. The summed E-state index contributed by atoms with van der Waals surface area (Å²) in [5.41, 5.74) is -0.498. The maximum Gasteiger partial charge on any atom is 0.407 e. The van der Waals surface area contributed by atoms with Gasteiger partial charge in [0.1, 0.15) is 11.7 Å². The number of aliphatic hydroxyl groups is 1. The Hall–Kier alpha value is -1.59. The second-order valence-electron chi connectivity index (χ2n) is 7.63. The van der Waals surface area contributed by atoms with Crippen LogP contribution in [-0.4, -0.2) is 48.9 Å². The lowest BCUT2D eigenvalue weighted by molar-refractivity contribution is 0.0527. The van der Waals surface area contributed by atoms with Crippen LogP contribution in [0.2, 0.25) is 0 Å². The minimum absolute atomic E-state index is 0. The van der Waals surface area contributed by atoms with E-state index in [1.807, 2.05) is 52.0 Å². The number of amides is 1. The first-order valence-electron chi connectivity index (χ1n) is 9.94. The van der Waals surface area contributed by atoms with Gasteiger partial charge in [-0.1, -0.05) is 18.2 Å². The van der Waals surface area contributed by atoms with Crippen LogP contribution in [0.25, 0.3) is 10.1 Å². The molecule has 0 fully saturated rings. The van der Waals surface area contributed by atoms with Gasteiger partial charge < -0.3 is 25.8 Å². The van der Waals surface area contributed by atoms with Crippen molar-refractivity contribution >= 4 is 57.5 Å². The van der Waals surface area contributed by atoms with Gasteiger partial charge in [0, 0.05) is 29.2 Å². The van der Waals surface area contributed by atoms with E-state index in [1.165, 1.54) is 0 Å². The number of rotatable bonds is 8. The molecule has 0 aliphatic rings. The molecule has 0 aliphatic heterocycles. The molecule has 1 aromatic carbocycles. The Morgan fingerprint density at radius 3 is 2.57 bits per heavy atom. The van der Waals surface area contributed by atoms with E-state index in [2.05, 4.69) is 27.0 Å². The lowest BCUT2D eigenvalue weighted by Crippen LogP contribution is -2.39. The number of thiophene rings is 1. The van der Waals surface area contributed by atoms with Crippen LogP contribution < -0.4 is 16.0 Å². The quantitative estimate of drug-likeness (QED) is 0.173. The lowest BCUT2D eigenvalue weighted by Gasteiger charge is -2.19. The number of aliphatic imine (C=N–C) groups is 1. The molecule has 4 N–H and O–H groups in total. The third kappa shape index (κ3) is 9.48. The summed E-state index contributed by atoms with van der Waals surface area (Å²) in [6.07, 6.45) is -0.330. The fourth-order valence-corrected chi connectivity index (χ4v) is 3.62. The average molecular weight is 548 g/mol. The molecule has 0 aliphatic carbocycles. The molecule has 0 radical (unpaired) electrons. The Kier molecular flexibility index (Phi) is 11.4. The average Bonchev–Trinajstić information content (AvgIpc) is 3.08. The molecule has 168 valence electrons. The minimum Gasteiger partial charge on any atom is -0.444 e. The predicted molar refractivity (Wildman–Crippen MR) is 135 cm³/mol. The molecule has 1 heterocycles. The van der Waals surface area contributed by atoms with E-state index >= 15 is 0 Å². The first-order chi connectivity index (χ1) is 13.8. The molecule has 9 heteroatoms. The third-order valence-electron chi connectivity index (χ3n) is 3.85. The Balaban J connectivity index is 0.00000450. The molecular formula is C21H33IN4O3S. The van der Waals surface area contributed by atoms with Crippen molar-refractivity contribution in [3.8, 4) is 0 Å². The van der Waals surface area contributed by atoms with Gasteiger partial charge in [-0.15, -0.1) is 35.3 Å². The Morgan fingerprint density at radius 2 is 1.90 bits per heavy atom. The Labute approximate surface area is 199 Å². The van der Waals surface area contributed by atoms with Crippen LogP contribution in [0, 0.1) is 0 Å². The number of alkyl carbamates (subject to hydrolysis) is 1. The van der Waals surface area contributed by atoms with Gasteiger partial charge in [-0.25, -0.2) is 4.79 Å². The smallest absolute Gasteiger partial charge is 0.407 e. The number of fused-ring (bicyclic) bond motifs is 1. The van der Waals surface area contributed by atoms with Crippen molar-refractivity contribution in [2.24, 2.45) is 4.99 Å². The van der Waals surface area contributed by atoms with Crippen molar-refractivity contribution in [3.63, 3.8) is 0 Å². The van der Waals surface area contributed by atoms with Crippen LogP contribution in [-0.2, 0) is 4.74 Å². The van der Waals surface area contributed by atoms with Gasteiger partial charge in [-0.05, 0) is 51.6 Å². The van der Waals surface area contributed by atoms with Gasteiger partial charge in [0.05, 0.1) is 6.54 Å². The first kappa shape index (κ1) is 26.4. The number of carbonyl (C=O) groups excluding carboxylic acids is 1. The summed E-state index contributed by atoms with van der Waals surface area (Å²) in [5.74, 6) is 0.643. The number of aliphatic hydroxyl groups excluding tert-OH is 1. The van der Waals surface area contributed by atoms with E-state index in [0.29, 0.717) is 19.0 Å². The zero-order valence-electron chi connectivity index (χ0n) is 18.0. The van der Waals surface area contributed by atoms with E-state index in [0.717, 1.165) is 27.9 Å². The molecule has 1 atom stereocenters. The molecule has 0 saturated heterocycles. The van der Waals surface area contributed by atoms with Gasteiger partial charge in [-0.3, -0.25) is 4.99 Å². The normalized spacial score (nSPS) is 12.8. The minimum atomic E-state index is -0.642. The van der Waals surface area contributed by atoms with Crippen molar-refractivity contribution in [2.45, 2.75) is 45.8 Å². The van der Waals surface area contributed by atoms with E-state index in [1.54, 1.807) is 11.3 Å². The number of hydrogen-bond acceptors (Lipinski definition) is 5. The molecule has 0 bridgehead atoms. The number of ether oxygens (including phenoxy) is 1.